The van der Waals surface area contributed by atoms with E-state index in [0.29, 0.717) is 23.7 Å². The second-order valence-corrected chi connectivity index (χ2v) is 6.05. The highest BCUT2D eigenvalue weighted by molar-refractivity contribution is 5.89. The molecule has 2 aromatic heterocycles. The van der Waals surface area contributed by atoms with Gasteiger partial charge >= 0.3 is 5.97 Å². The lowest BCUT2D eigenvalue weighted by Gasteiger charge is -2.18. The molecule has 122 valence electrons. The van der Waals surface area contributed by atoms with E-state index in [-0.39, 0.29) is 5.97 Å². The van der Waals surface area contributed by atoms with Gasteiger partial charge in [0.25, 0.3) is 0 Å². The SMILES string of the molecule is O=C(OC[C@H]1CCN(c2ccccc2)C1)c1ccc2nncn2c1. The van der Waals surface area contributed by atoms with Crippen molar-refractivity contribution in [1.82, 2.24) is 14.6 Å². The minimum absolute atomic E-state index is 0.302. The minimum atomic E-state index is -0.302. The van der Waals surface area contributed by atoms with Crippen molar-refractivity contribution in [3.8, 4) is 0 Å². The standard InChI is InChI=1S/C18H18N4O2/c23-18(15-6-7-17-20-19-13-22(17)11-15)24-12-14-8-9-21(10-14)16-4-2-1-3-5-16/h1-7,11,13-14H,8-10,12H2/t14-/m0/s1. The molecule has 1 aromatic carbocycles. The van der Waals surface area contributed by atoms with Gasteiger partial charge < -0.3 is 9.64 Å². The number of aromatic nitrogens is 3. The van der Waals surface area contributed by atoms with Gasteiger partial charge in [-0.25, -0.2) is 4.79 Å². The quantitative estimate of drug-likeness (QED) is 0.690. The lowest BCUT2D eigenvalue weighted by atomic mass is 10.1. The third kappa shape index (κ3) is 2.95. The molecule has 0 spiro atoms. The predicted molar refractivity (Wildman–Crippen MR) is 90.0 cm³/mol. The van der Waals surface area contributed by atoms with Crippen LogP contribution in [0, 0.1) is 5.92 Å². The number of fused-ring (bicyclic) bond motifs is 1. The molecule has 24 heavy (non-hydrogen) atoms. The molecule has 1 fully saturated rings. The first kappa shape index (κ1) is 14.7. The molecule has 0 radical (unpaired) electrons. The third-order valence-electron chi connectivity index (χ3n) is 4.38. The topological polar surface area (TPSA) is 59.7 Å². The molecular weight excluding hydrogens is 304 g/mol. The van der Waals surface area contributed by atoms with Crippen LogP contribution in [0.25, 0.3) is 5.65 Å². The maximum Gasteiger partial charge on any atom is 0.339 e. The Bertz CT molecular complexity index is 846. The molecule has 0 unspecified atom stereocenters. The predicted octanol–water partition coefficient (Wildman–Crippen LogP) is 2.41. The maximum absolute atomic E-state index is 12.2. The van der Waals surface area contributed by atoms with Crippen molar-refractivity contribution in [1.29, 1.82) is 0 Å². The van der Waals surface area contributed by atoms with E-state index in [1.54, 1.807) is 29.1 Å². The van der Waals surface area contributed by atoms with Gasteiger partial charge in [0.1, 0.15) is 6.33 Å². The molecule has 1 aliphatic rings. The summed E-state index contributed by atoms with van der Waals surface area (Å²) in [5.74, 6) is 0.0663. The first-order chi connectivity index (χ1) is 11.8. The van der Waals surface area contributed by atoms with Crippen LogP contribution in [-0.4, -0.2) is 40.3 Å². The number of para-hydroxylation sites is 1. The molecule has 6 heteroatoms. The molecule has 1 aliphatic heterocycles. The zero-order valence-corrected chi connectivity index (χ0v) is 13.2. The number of carbonyl (C=O) groups is 1. The molecule has 0 N–H and O–H groups in total. The average molecular weight is 322 g/mol. The molecule has 4 rings (SSSR count). The molecule has 6 nitrogen and oxygen atoms in total. The number of rotatable bonds is 4. The van der Waals surface area contributed by atoms with Crippen molar-refractivity contribution in [2.75, 3.05) is 24.6 Å². The van der Waals surface area contributed by atoms with E-state index in [0.717, 1.165) is 19.5 Å². The normalized spacial score (nSPS) is 17.3. The summed E-state index contributed by atoms with van der Waals surface area (Å²) < 4.78 is 7.21. The summed E-state index contributed by atoms with van der Waals surface area (Å²) in [6.45, 7) is 2.36. The highest BCUT2D eigenvalue weighted by atomic mass is 16.5. The van der Waals surface area contributed by atoms with Crippen LogP contribution in [-0.2, 0) is 4.74 Å². The molecule has 3 heterocycles. The highest BCUT2D eigenvalue weighted by Gasteiger charge is 2.24. The number of anilines is 1. The number of nitrogens with zero attached hydrogens (tertiary/aromatic N) is 4. The summed E-state index contributed by atoms with van der Waals surface area (Å²) in [6, 6.07) is 13.8. The lowest BCUT2D eigenvalue weighted by Crippen LogP contribution is -2.22. The van der Waals surface area contributed by atoms with Crippen LogP contribution >= 0.6 is 0 Å². The Morgan fingerprint density at radius 2 is 2.08 bits per heavy atom. The monoisotopic (exact) mass is 322 g/mol. The van der Waals surface area contributed by atoms with E-state index in [4.69, 9.17) is 4.74 Å². The number of ether oxygens (including phenoxy) is 1. The minimum Gasteiger partial charge on any atom is -0.462 e. The number of hydrogen-bond acceptors (Lipinski definition) is 5. The Hall–Kier alpha value is -2.89. The van der Waals surface area contributed by atoms with Gasteiger partial charge in [0.15, 0.2) is 5.65 Å². The molecule has 1 atom stereocenters. The number of hydrogen-bond donors (Lipinski definition) is 0. The van der Waals surface area contributed by atoms with E-state index in [2.05, 4.69) is 27.2 Å². The highest BCUT2D eigenvalue weighted by Crippen LogP contribution is 2.23. The number of benzene rings is 1. The fraction of sp³-hybridized carbons (Fsp3) is 0.278. The van der Waals surface area contributed by atoms with Crippen molar-refractivity contribution in [2.45, 2.75) is 6.42 Å². The molecule has 0 bridgehead atoms. The zero-order valence-electron chi connectivity index (χ0n) is 13.2. The van der Waals surface area contributed by atoms with E-state index < -0.39 is 0 Å². The van der Waals surface area contributed by atoms with Gasteiger partial charge in [0.2, 0.25) is 0 Å². The number of esters is 1. The van der Waals surface area contributed by atoms with Crippen LogP contribution in [0.1, 0.15) is 16.8 Å². The van der Waals surface area contributed by atoms with Gasteiger partial charge in [-0.3, -0.25) is 4.40 Å². The number of carbonyl (C=O) groups excluding carboxylic acids is 1. The van der Waals surface area contributed by atoms with Crippen molar-refractivity contribution >= 4 is 17.3 Å². The Balaban J connectivity index is 1.34. The Kier molecular flexibility index (Phi) is 3.86. The van der Waals surface area contributed by atoms with Crippen LogP contribution in [0.5, 0.6) is 0 Å². The summed E-state index contributed by atoms with van der Waals surface area (Å²) in [5.41, 5.74) is 2.45. The lowest BCUT2D eigenvalue weighted by molar-refractivity contribution is 0.0450. The summed E-state index contributed by atoms with van der Waals surface area (Å²) in [6.07, 6.45) is 4.30. The van der Waals surface area contributed by atoms with Gasteiger partial charge in [-0.05, 0) is 30.7 Å². The Morgan fingerprint density at radius 3 is 2.96 bits per heavy atom. The largest absolute Gasteiger partial charge is 0.462 e. The second kappa shape index (κ2) is 6.31. The van der Waals surface area contributed by atoms with Gasteiger partial charge in [0.05, 0.1) is 12.2 Å². The van der Waals surface area contributed by atoms with Crippen molar-refractivity contribution in [3.63, 3.8) is 0 Å². The summed E-state index contributed by atoms with van der Waals surface area (Å²) in [5, 5.41) is 7.72. The van der Waals surface area contributed by atoms with E-state index in [1.807, 2.05) is 18.2 Å². The summed E-state index contributed by atoms with van der Waals surface area (Å²) in [7, 11) is 0. The summed E-state index contributed by atoms with van der Waals surface area (Å²) >= 11 is 0. The third-order valence-corrected chi connectivity index (χ3v) is 4.38. The Morgan fingerprint density at radius 1 is 1.21 bits per heavy atom. The molecular formula is C18H18N4O2. The van der Waals surface area contributed by atoms with E-state index in [9.17, 15) is 4.79 Å². The average Bonchev–Trinajstić information content (AvgIpc) is 3.29. The second-order valence-electron chi connectivity index (χ2n) is 6.05. The van der Waals surface area contributed by atoms with E-state index >= 15 is 0 Å². The zero-order chi connectivity index (χ0) is 16.4. The first-order valence-electron chi connectivity index (χ1n) is 8.06. The summed E-state index contributed by atoms with van der Waals surface area (Å²) in [4.78, 5) is 14.6. The fourth-order valence-electron chi connectivity index (χ4n) is 3.07. The molecule has 0 amide bonds. The van der Waals surface area contributed by atoms with Gasteiger partial charge in [-0.2, -0.15) is 0 Å². The number of pyridine rings is 1. The van der Waals surface area contributed by atoms with Crippen LogP contribution in [0.2, 0.25) is 0 Å². The molecule has 3 aromatic rings. The van der Waals surface area contributed by atoms with Crippen LogP contribution < -0.4 is 4.90 Å². The first-order valence-corrected chi connectivity index (χ1v) is 8.06. The van der Waals surface area contributed by atoms with Crippen LogP contribution in [0.15, 0.2) is 55.0 Å². The molecule has 0 aliphatic carbocycles. The van der Waals surface area contributed by atoms with Crippen LogP contribution in [0.3, 0.4) is 0 Å². The smallest absolute Gasteiger partial charge is 0.339 e. The van der Waals surface area contributed by atoms with Crippen molar-refractivity contribution < 1.29 is 9.53 Å². The van der Waals surface area contributed by atoms with Crippen molar-refractivity contribution in [3.05, 3.63) is 60.6 Å². The fourth-order valence-corrected chi connectivity index (χ4v) is 3.07. The van der Waals surface area contributed by atoms with Gasteiger partial charge in [-0.15, -0.1) is 10.2 Å². The van der Waals surface area contributed by atoms with Crippen LogP contribution in [0.4, 0.5) is 5.69 Å². The molecule has 1 saturated heterocycles. The van der Waals surface area contributed by atoms with Crippen molar-refractivity contribution in [2.24, 2.45) is 5.92 Å². The Labute approximate surface area is 139 Å². The molecule has 0 saturated carbocycles. The van der Waals surface area contributed by atoms with Gasteiger partial charge in [-0.1, -0.05) is 18.2 Å². The van der Waals surface area contributed by atoms with Gasteiger partial charge in [0, 0.05) is 30.9 Å². The maximum atomic E-state index is 12.2. The van der Waals surface area contributed by atoms with E-state index in [1.165, 1.54) is 5.69 Å².